The molecule has 3 heteroatoms. The van der Waals surface area contributed by atoms with Crippen LogP contribution < -0.4 is 0 Å². The van der Waals surface area contributed by atoms with E-state index in [9.17, 15) is 4.79 Å². The van der Waals surface area contributed by atoms with Gasteiger partial charge in [0.05, 0.1) is 0 Å². The van der Waals surface area contributed by atoms with Crippen LogP contribution in [-0.2, 0) is 12.8 Å². The van der Waals surface area contributed by atoms with Gasteiger partial charge >= 0.3 is 0 Å². The molecule has 1 aliphatic heterocycles. The molecule has 1 amide bonds. The van der Waals surface area contributed by atoms with E-state index in [1.165, 1.54) is 11.1 Å². The topological polar surface area (TPSA) is 23.6 Å². The molecule has 0 unspecified atom stereocenters. The van der Waals surface area contributed by atoms with Gasteiger partial charge in [0.1, 0.15) is 0 Å². The minimum absolute atomic E-state index is 0.118. The third kappa shape index (κ3) is 3.70. The summed E-state index contributed by atoms with van der Waals surface area (Å²) < 4.78 is 0. The van der Waals surface area contributed by atoms with Crippen molar-refractivity contribution in [2.24, 2.45) is 0 Å². The minimum atomic E-state index is 0.118. The highest BCUT2D eigenvalue weighted by Gasteiger charge is 2.32. The Morgan fingerprint density at radius 2 is 1.78 bits per heavy atom. The largest absolute Gasteiger partial charge is 0.337 e. The van der Waals surface area contributed by atoms with Crippen LogP contribution in [0, 0.1) is 0 Å². The molecule has 0 radical (unpaired) electrons. The number of amides is 1. The van der Waals surface area contributed by atoms with Gasteiger partial charge in [0, 0.05) is 31.2 Å². The zero-order valence-electron chi connectivity index (χ0n) is 16.1. The SMILES string of the molecule is C=Cc1ccc(C(=O)N(C)[C@@H]2CCCN(C3Cc4ccccc4C3)C2)cc1. The molecule has 0 aromatic heterocycles. The Hall–Kier alpha value is -2.39. The summed E-state index contributed by atoms with van der Waals surface area (Å²) in [5, 5.41) is 0. The molecule has 1 saturated heterocycles. The third-order valence-electron chi connectivity index (χ3n) is 6.24. The second-order valence-electron chi connectivity index (χ2n) is 7.86. The lowest BCUT2D eigenvalue weighted by Gasteiger charge is -2.40. The summed E-state index contributed by atoms with van der Waals surface area (Å²) in [6, 6.07) is 17.4. The van der Waals surface area contributed by atoms with Gasteiger partial charge in [-0.3, -0.25) is 9.69 Å². The zero-order valence-corrected chi connectivity index (χ0v) is 16.1. The maximum absolute atomic E-state index is 12.9. The van der Waals surface area contributed by atoms with Crippen LogP contribution >= 0.6 is 0 Å². The predicted octanol–water partition coefficient (Wildman–Crippen LogP) is 4.03. The summed E-state index contributed by atoms with van der Waals surface area (Å²) in [7, 11) is 1.96. The van der Waals surface area contributed by atoms with E-state index in [-0.39, 0.29) is 11.9 Å². The van der Waals surface area contributed by atoms with Gasteiger partial charge in [-0.05, 0) is 61.1 Å². The monoisotopic (exact) mass is 360 g/mol. The molecule has 140 valence electrons. The predicted molar refractivity (Wildman–Crippen MR) is 111 cm³/mol. The first kappa shape index (κ1) is 18.0. The molecule has 3 nitrogen and oxygen atoms in total. The van der Waals surface area contributed by atoms with Gasteiger partial charge in [0.25, 0.3) is 5.91 Å². The molecule has 0 spiro atoms. The summed E-state index contributed by atoms with van der Waals surface area (Å²) in [6.07, 6.45) is 6.33. The molecule has 1 atom stereocenters. The normalized spacial score (nSPS) is 20.3. The Morgan fingerprint density at radius 1 is 1.11 bits per heavy atom. The molecule has 0 N–H and O–H groups in total. The van der Waals surface area contributed by atoms with Crippen LogP contribution in [-0.4, -0.2) is 47.9 Å². The summed E-state index contributed by atoms with van der Waals surface area (Å²) >= 11 is 0. The van der Waals surface area contributed by atoms with Crippen molar-refractivity contribution in [2.75, 3.05) is 20.1 Å². The molecule has 1 heterocycles. The Labute approximate surface area is 162 Å². The zero-order chi connectivity index (χ0) is 18.8. The van der Waals surface area contributed by atoms with Crippen LogP contribution in [0.5, 0.6) is 0 Å². The molecule has 4 rings (SSSR count). The standard InChI is InChI=1S/C24H28N2O/c1-3-18-10-12-19(13-11-18)24(27)25(2)22-9-6-14-26(17-22)23-15-20-7-4-5-8-21(20)16-23/h3-5,7-8,10-13,22-23H,1,6,9,14-17H2,2H3/t22-/m1/s1. The molecular weight excluding hydrogens is 332 g/mol. The van der Waals surface area contributed by atoms with E-state index in [4.69, 9.17) is 0 Å². The van der Waals surface area contributed by atoms with Crippen LogP contribution in [0.3, 0.4) is 0 Å². The van der Waals surface area contributed by atoms with Crippen molar-refractivity contribution in [1.29, 1.82) is 0 Å². The number of benzene rings is 2. The van der Waals surface area contributed by atoms with Gasteiger partial charge in [-0.1, -0.05) is 49.1 Å². The van der Waals surface area contributed by atoms with Crippen molar-refractivity contribution in [3.63, 3.8) is 0 Å². The van der Waals surface area contributed by atoms with Crippen molar-refractivity contribution < 1.29 is 4.79 Å². The molecule has 27 heavy (non-hydrogen) atoms. The highest BCUT2D eigenvalue weighted by molar-refractivity contribution is 5.94. The Balaban J connectivity index is 1.41. The molecule has 1 fully saturated rings. The van der Waals surface area contributed by atoms with Crippen molar-refractivity contribution in [3.8, 4) is 0 Å². The highest BCUT2D eigenvalue weighted by Crippen LogP contribution is 2.28. The highest BCUT2D eigenvalue weighted by atomic mass is 16.2. The maximum Gasteiger partial charge on any atom is 0.253 e. The quantitative estimate of drug-likeness (QED) is 0.822. The number of rotatable bonds is 4. The van der Waals surface area contributed by atoms with Gasteiger partial charge in [-0.15, -0.1) is 0 Å². The third-order valence-corrected chi connectivity index (χ3v) is 6.24. The number of nitrogens with zero attached hydrogens (tertiary/aromatic N) is 2. The van der Waals surface area contributed by atoms with E-state index in [1.54, 1.807) is 6.08 Å². The first-order valence-corrected chi connectivity index (χ1v) is 9.96. The Morgan fingerprint density at radius 3 is 2.41 bits per heavy atom. The summed E-state index contributed by atoms with van der Waals surface area (Å²) in [5.41, 5.74) is 4.79. The first-order chi connectivity index (χ1) is 13.2. The Kier molecular flexibility index (Phi) is 5.13. The lowest BCUT2D eigenvalue weighted by Crippen LogP contribution is -2.51. The van der Waals surface area contributed by atoms with E-state index in [2.05, 4.69) is 35.7 Å². The smallest absolute Gasteiger partial charge is 0.253 e. The van der Waals surface area contributed by atoms with Crippen molar-refractivity contribution in [3.05, 3.63) is 77.4 Å². The summed E-state index contributed by atoms with van der Waals surface area (Å²) in [4.78, 5) is 17.5. The maximum atomic E-state index is 12.9. The summed E-state index contributed by atoms with van der Waals surface area (Å²) in [5.74, 6) is 0.118. The molecule has 2 aliphatic rings. The van der Waals surface area contributed by atoms with Crippen molar-refractivity contribution in [2.45, 2.75) is 37.8 Å². The average molecular weight is 361 g/mol. The summed E-state index contributed by atoms with van der Waals surface area (Å²) in [6.45, 7) is 5.90. The number of carbonyl (C=O) groups is 1. The van der Waals surface area contributed by atoms with Crippen LogP contribution in [0.25, 0.3) is 6.08 Å². The van der Waals surface area contributed by atoms with Crippen LogP contribution in [0.2, 0.25) is 0 Å². The van der Waals surface area contributed by atoms with E-state index in [0.29, 0.717) is 6.04 Å². The molecular formula is C24H28N2O. The minimum Gasteiger partial charge on any atom is -0.337 e. The fraction of sp³-hybridized carbons (Fsp3) is 0.375. The van der Waals surface area contributed by atoms with E-state index < -0.39 is 0 Å². The number of carbonyl (C=O) groups excluding carboxylic acids is 1. The van der Waals surface area contributed by atoms with Gasteiger partial charge in [-0.25, -0.2) is 0 Å². The number of piperidine rings is 1. The molecule has 1 aliphatic carbocycles. The number of fused-ring (bicyclic) bond motifs is 1. The van der Waals surface area contributed by atoms with Crippen molar-refractivity contribution in [1.82, 2.24) is 9.80 Å². The van der Waals surface area contributed by atoms with E-state index in [1.807, 2.05) is 36.2 Å². The first-order valence-electron chi connectivity index (χ1n) is 9.96. The molecule has 0 saturated carbocycles. The van der Waals surface area contributed by atoms with Gasteiger partial charge in [-0.2, -0.15) is 0 Å². The number of likely N-dealkylation sites (N-methyl/N-ethyl adjacent to an activating group) is 1. The molecule has 2 aromatic rings. The van der Waals surface area contributed by atoms with Crippen molar-refractivity contribution >= 4 is 12.0 Å². The average Bonchev–Trinajstić information content (AvgIpc) is 3.17. The van der Waals surface area contributed by atoms with Gasteiger partial charge < -0.3 is 4.90 Å². The van der Waals surface area contributed by atoms with Crippen LogP contribution in [0.15, 0.2) is 55.1 Å². The number of likely N-dealkylation sites (tertiary alicyclic amines) is 1. The van der Waals surface area contributed by atoms with Crippen LogP contribution in [0.4, 0.5) is 0 Å². The fourth-order valence-electron chi connectivity index (χ4n) is 4.56. The Bertz CT molecular complexity index is 802. The second kappa shape index (κ2) is 7.69. The lowest BCUT2D eigenvalue weighted by molar-refractivity contribution is 0.0555. The second-order valence-corrected chi connectivity index (χ2v) is 7.86. The van der Waals surface area contributed by atoms with Crippen LogP contribution in [0.1, 0.15) is 39.9 Å². The molecule has 2 aromatic carbocycles. The number of hydrogen-bond donors (Lipinski definition) is 0. The van der Waals surface area contributed by atoms with Gasteiger partial charge in [0.2, 0.25) is 0 Å². The fourth-order valence-corrected chi connectivity index (χ4v) is 4.56. The lowest BCUT2D eigenvalue weighted by atomic mass is 10.0. The van der Waals surface area contributed by atoms with Gasteiger partial charge in [0.15, 0.2) is 0 Å². The molecule has 0 bridgehead atoms. The number of hydrogen-bond acceptors (Lipinski definition) is 2. The van der Waals surface area contributed by atoms with E-state index in [0.717, 1.165) is 49.9 Å². The van der Waals surface area contributed by atoms with E-state index >= 15 is 0 Å².